The molecule has 1 aliphatic heterocycles. The van der Waals surface area contributed by atoms with Crippen molar-refractivity contribution in [2.45, 2.75) is 25.4 Å². The van der Waals surface area contributed by atoms with E-state index >= 15 is 0 Å². The zero-order valence-electron chi connectivity index (χ0n) is 16.4. The van der Waals surface area contributed by atoms with Crippen LogP contribution in [-0.2, 0) is 11.3 Å². The van der Waals surface area contributed by atoms with Gasteiger partial charge in [0.25, 0.3) is 0 Å². The topological polar surface area (TPSA) is 77.6 Å². The maximum absolute atomic E-state index is 12.5. The number of anilines is 1. The van der Waals surface area contributed by atoms with Gasteiger partial charge in [-0.3, -0.25) is 4.79 Å². The number of rotatable bonds is 7. The molecule has 1 unspecified atom stereocenters. The molecule has 1 aromatic carbocycles. The van der Waals surface area contributed by atoms with Crippen LogP contribution in [0.25, 0.3) is 0 Å². The Morgan fingerprint density at radius 2 is 2.04 bits per heavy atom. The number of likely N-dealkylation sites (tertiary alicyclic amines) is 1. The van der Waals surface area contributed by atoms with Gasteiger partial charge in [-0.2, -0.15) is 0 Å². The number of amides is 3. The Kier molecular flexibility index (Phi) is 6.47. The third-order valence-electron chi connectivity index (χ3n) is 4.80. The number of aromatic nitrogens is 1. The summed E-state index contributed by atoms with van der Waals surface area (Å²) in [6, 6.07) is 13.1. The van der Waals surface area contributed by atoms with Gasteiger partial charge < -0.3 is 20.4 Å². The van der Waals surface area contributed by atoms with E-state index in [9.17, 15) is 9.59 Å². The molecule has 3 amide bonds. The van der Waals surface area contributed by atoms with Gasteiger partial charge in [-0.05, 0) is 29.7 Å². The first-order valence-electron chi connectivity index (χ1n) is 9.52. The van der Waals surface area contributed by atoms with E-state index in [1.165, 1.54) is 0 Å². The molecule has 1 aromatic heterocycles. The lowest BCUT2D eigenvalue weighted by atomic mass is 10.1. The molecule has 2 N–H and O–H groups in total. The molecule has 1 saturated heterocycles. The van der Waals surface area contributed by atoms with Gasteiger partial charge in [-0.25, -0.2) is 9.78 Å². The first-order valence-corrected chi connectivity index (χ1v) is 9.52. The van der Waals surface area contributed by atoms with Crippen molar-refractivity contribution in [2.75, 3.05) is 32.1 Å². The van der Waals surface area contributed by atoms with Crippen molar-refractivity contribution < 1.29 is 9.59 Å². The molecule has 1 fully saturated rings. The molecule has 148 valence electrons. The minimum Gasteiger partial charge on any atom is -0.363 e. The Balaban J connectivity index is 1.62. The number of pyridine rings is 1. The Bertz CT molecular complexity index is 809. The second-order valence-electron chi connectivity index (χ2n) is 7.15. The summed E-state index contributed by atoms with van der Waals surface area (Å²) in [5, 5.41) is 5.92. The molecular formula is C21H27N5O2. The number of carbonyl (C=O) groups excluding carboxylic acids is 2. The third-order valence-corrected chi connectivity index (χ3v) is 4.80. The van der Waals surface area contributed by atoms with Crippen molar-refractivity contribution in [3.8, 4) is 0 Å². The van der Waals surface area contributed by atoms with Crippen molar-refractivity contribution in [1.82, 2.24) is 20.5 Å². The lowest BCUT2D eigenvalue weighted by Gasteiger charge is -2.25. The lowest BCUT2D eigenvalue weighted by Crippen LogP contribution is -2.42. The molecule has 0 aliphatic carbocycles. The summed E-state index contributed by atoms with van der Waals surface area (Å²) in [4.78, 5) is 32.6. The molecule has 2 aromatic rings. The van der Waals surface area contributed by atoms with Gasteiger partial charge in [0.15, 0.2) is 0 Å². The molecule has 0 radical (unpaired) electrons. The summed E-state index contributed by atoms with van der Waals surface area (Å²) in [5.74, 6) is 0.991. The lowest BCUT2D eigenvalue weighted by molar-refractivity contribution is -0.128. The Labute approximate surface area is 165 Å². The normalized spacial score (nSPS) is 14.6. The molecule has 1 atom stereocenters. The van der Waals surface area contributed by atoms with Gasteiger partial charge in [-0.1, -0.05) is 30.3 Å². The molecular weight excluding hydrogens is 354 g/mol. The zero-order chi connectivity index (χ0) is 19.9. The fourth-order valence-corrected chi connectivity index (χ4v) is 3.24. The Morgan fingerprint density at radius 1 is 1.25 bits per heavy atom. The molecule has 7 nitrogen and oxygen atoms in total. The average molecular weight is 381 g/mol. The smallest absolute Gasteiger partial charge is 0.315 e. The highest BCUT2D eigenvalue weighted by atomic mass is 16.2. The van der Waals surface area contributed by atoms with E-state index in [1.807, 2.05) is 66.4 Å². The molecule has 0 spiro atoms. The van der Waals surface area contributed by atoms with Crippen molar-refractivity contribution in [1.29, 1.82) is 0 Å². The van der Waals surface area contributed by atoms with Gasteiger partial charge in [0.05, 0.1) is 6.04 Å². The van der Waals surface area contributed by atoms with Gasteiger partial charge in [0.2, 0.25) is 5.91 Å². The largest absolute Gasteiger partial charge is 0.363 e. The third kappa shape index (κ3) is 5.22. The van der Waals surface area contributed by atoms with E-state index < -0.39 is 0 Å². The summed E-state index contributed by atoms with van der Waals surface area (Å²) >= 11 is 0. The summed E-state index contributed by atoms with van der Waals surface area (Å²) < 4.78 is 0. The van der Waals surface area contributed by atoms with Crippen molar-refractivity contribution in [3.05, 3.63) is 59.8 Å². The predicted octanol–water partition coefficient (Wildman–Crippen LogP) is 2.31. The Hall–Kier alpha value is -3.09. The molecule has 7 heteroatoms. The average Bonchev–Trinajstić information content (AvgIpc) is 3.11. The molecule has 0 bridgehead atoms. The number of nitrogens with zero attached hydrogens (tertiary/aromatic N) is 3. The van der Waals surface area contributed by atoms with Crippen molar-refractivity contribution in [3.63, 3.8) is 0 Å². The SMILES string of the molecule is CN(C)c1cc(CNC(=O)NC(CN2CCCC2=O)c2ccccc2)ccn1. The highest BCUT2D eigenvalue weighted by Gasteiger charge is 2.25. The van der Waals surface area contributed by atoms with Crippen molar-refractivity contribution >= 4 is 17.8 Å². The van der Waals surface area contributed by atoms with Crippen LogP contribution in [0.4, 0.5) is 10.6 Å². The standard InChI is InChI=1S/C21H27N5O2/c1-25(2)19-13-16(10-11-22-19)14-23-21(28)24-18(17-7-4-3-5-8-17)15-26-12-6-9-20(26)27/h3-5,7-8,10-11,13,18H,6,9,12,14-15H2,1-2H3,(H2,23,24,28). The van der Waals surface area contributed by atoms with Crippen LogP contribution in [0.1, 0.15) is 30.0 Å². The molecule has 0 saturated carbocycles. The molecule has 3 rings (SSSR count). The van der Waals surface area contributed by atoms with Crippen LogP contribution < -0.4 is 15.5 Å². The maximum atomic E-state index is 12.5. The summed E-state index contributed by atoms with van der Waals surface area (Å²) in [6.07, 6.45) is 3.20. The molecule has 1 aliphatic rings. The first kappa shape index (κ1) is 19.7. The maximum Gasteiger partial charge on any atom is 0.315 e. The van der Waals surface area contributed by atoms with Crippen LogP contribution in [0.3, 0.4) is 0 Å². The van der Waals surface area contributed by atoms with Crippen LogP contribution in [0, 0.1) is 0 Å². The van der Waals surface area contributed by atoms with Gasteiger partial charge in [0.1, 0.15) is 5.82 Å². The number of hydrogen-bond donors (Lipinski definition) is 2. The highest BCUT2D eigenvalue weighted by Crippen LogP contribution is 2.18. The zero-order valence-corrected chi connectivity index (χ0v) is 16.4. The number of benzene rings is 1. The van der Waals surface area contributed by atoms with E-state index in [-0.39, 0.29) is 18.0 Å². The van der Waals surface area contributed by atoms with E-state index in [4.69, 9.17) is 0 Å². The van der Waals surface area contributed by atoms with Crippen LogP contribution in [0.15, 0.2) is 48.7 Å². The van der Waals surface area contributed by atoms with Crippen molar-refractivity contribution in [2.24, 2.45) is 0 Å². The van der Waals surface area contributed by atoms with Crippen LogP contribution in [-0.4, -0.2) is 49.0 Å². The Morgan fingerprint density at radius 3 is 2.71 bits per heavy atom. The number of hydrogen-bond acceptors (Lipinski definition) is 4. The number of nitrogens with one attached hydrogen (secondary N) is 2. The summed E-state index contributed by atoms with van der Waals surface area (Å²) in [6.45, 7) is 1.63. The minimum atomic E-state index is -0.260. The van der Waals surface area contributed by atoms with E-state index in [0.717, 1.165) is 29.9 Å². The summed E-state index contributed by atoms with van der Waals surface area (Å²) in [5.41, 5.74) is 1.95. The van der Waals surface area contributed by atoms with Crippen LogP contribution in [0.2, 0.25) is 0 Å². The van der Waals surface area contributed by atoms with E-state index in [2.05, 4.69) is 15.6 Å². The summed E-state index contributed by atoms with van der Waals surface area (Å²) in [7, 11) is 3.85. The van der Waals surface area contributed by atoms with E-state index in [0.29, 0.717) is 19.5 Å². The second kappa shape index (κ2) is 9.21. The molecule has 2 heterocycles. The van der Waals surface area contributed by atoms with Gasteiger partial charge in [-0.15, -0.1) is 0 Å². The second-order valence-corrected chi connectivity index (χ2v) is 7.15. The molecule has 28 heavy (non-hydrogen) atoms. The number of urea groups is 1. The highest BCUT2D eigenvalue weighted by molar-refractivity contribution is 5.78. The van der Waals surface area contributed by atoms with Gasteiger partial charge >= 0.3 is 6.03 Å². The van der Waals surface area contributed by atoms with Crippen LogP contribution in [0.5, 0.6) is 0 Å². The van der Waals surface area contributed by atoms with E-state index in [1.54, 1.807) is 6.20 Å². The quantitative estimate of drug-likeness (QED) is 0.772. The predicted molar refractivity (Wildman–Crippen MR) is 109 cm³/mol. The first-order chi connectivity index (χ1) is 13.5. The van der Waals surface area contributed by atoms with Gasteiger partial charge in [0, 0.05) is 46.3 Å². The van der Waals surface area contributed by atoms with Crippen LogP contribution >= 0.6 is 0 Å². The fourth-order valence-electron chi connectivity index (χ4n) is 3.24. The number of carbonyl (C=O) groups is 2. The minimum absolute atomic E-state index is 0.149. The fraction of sp³-hybridized carbons (Fsp3) is 0.381. The monoisotopic (exact) mass is 381 g/mol.